The third kappa shape index (κ3) is 3.31. The van der Waals surface area contributed by atoms with Gasteiger partial charge in [0, 0.05) is 11.6 Å². The van der Waals surface area contributed by atoms with E-state index in [0.717, 1.165) is 19.6 Å². The Morgan fingerprint density at radius 1 is 1.08 bits per heavy atom. The predicted octanol–water partition coefficient (Wildman–Crippen LogP) is 0.211. The molecular weight excluding hydrogens is 354 g/mol. The molecule has 7 nitrogen and oxygen atoms in total. The summed E-state index contributed by atoms with van der Waals surface area (Å²) in [6, 6.07) is 14.7. The number of aromatic amines is 1. The quantitative estimate of drug-likeness (QED) is 0.683. The number of fused-ring (bicyclic) bond motifs is 1. The van der Waals surface area contributed by atoms with Crippen molar-refractivity contribution in [2.24, 2.45) is 0 Å². The average Bonchev–Trinajstić information content (AvgIpc) is 3.02. The number of nitrogens with zero attached hydrogens (tertiary/aromatic N) is 1. The highest BCUT2D eigenvalue weighted by molar-refractivity contribution is 7.89. The van der Waals surface area contributed by atoms with Crippen LogP contribution < -0.4 is 10.7 Å². The lowest BCUT2D eigenvalue weighted by Crippen LogP contribution is -3.13. The molecule has 0 aliphatic carbocycles. The van der Waals surface area contributed by atoms with Gasteiger partial charge in [0.25, 0.3) is 0 Å². The Labute approximate surface area is 150 Å². The van der Waals surface area contributed by atoms with Gasteiger partial charge in [-0.15, -0.1) is 0 Å². The van der Waals surface area contributed by atoms with E-state index in [9.17, 15) is 13.2 Å². The maximum absolute atomic E-state index is 12.9. The molecule has 0 amide bonds. The number of piperazine rings is 1. The van der Waals surface area contributed by atoms with Gasteiger partial charge in [0.05, 0.1) is 36.6 Å². The Morgan fingerprint density at radius 3 is 2.54 bits per heavy atom. The van der Waals surface area contributed by atoms with E-state index in [1.165, 1.54) is 26.9 Å². The predicted molar refractivity (Wildman–Crippen MR) is 96.4 cm³/mol. The van der Waals surface area contributed by atoms with Crippen molar-refractivity contribution in [3.05, 3.63) is 64.6 Å². The van der Waals surface area contributed by atoms with Crippen molar-refractivity contribution in [1.82, 2.24) is 9.29 Å². The lowest BCUT2D eigenvalue weighted by molar-refractivity contribution is -0.917. The van der Waals surface area contributed by atoms with Crippen LogP contribution in [0.2, 0.25) is 0 Å². The highest BCUT2D eigenvalue weighted by Crippen LogP contribution is 2.20. The van der Waals surface area contributed by atoms with Crippen LogP contribution in [0.15, 0.2) is 62.6 Å². The summed E-state index contributed by atoms with van der Waals surface area (Å²) in [6.07, 6.45) is 0. The topological polar surface area (TPSA) is 87.8 Å². The molecule has 4 rings (SSSR count). The molecule has 0 spiro atoms. The first kappa shape index (κ1) is 17.0. The van der Waals surface area contributed by atoms with Gasteiger partial charge in [-0.05, 0) is 12.1 Å². The third-order valence-corrected chi connectivity index (χ3v) is 6.65. The van der Waals surface area contributed by atoms with Gasteiger partial charge in [-0.3, -0.25) is 4.98 Å². The van der Waals surface area contributed by atoms with Crippen LogP contribution in [-0.4, -0.2) is 43.9 Å². The summed E-state index contributed by atoms with van der Waals surface area (Å²) in [4.78, 5) is 15.3. The number of benzene rings is 2. The van der Waals surface area contributed by atoms with Crippen LogP contribution in [0, 0.1) is 0 Å². The number of H-pyrrole nitrogens is 1. The lowest BCUT2D eigenvalue weighted by Gasteiger charge is -2.31. The zero-order chi connectivity index (χ0) is 18.1. The van der Waals surface area contributed by atoms with Crippen LogP contribution >= 0.6 is 0 Å². The molecule has 2 heterocycles. The molecule has 1 saturated heterocycles. The van der Waals surface area contributed by atoms with Crippen molar-refractivity contribution in [2.45, 2.75) is 11.4 Å². The lowest BCUT2D eigenvalue weighted by atomic mass is 10.2. The first-order valence-electron chi connectivity index (χ1n) is 8.53. The number of sulfonamides is 1. The Kier molecular flexibility index (Phi) is 4.39. The first-order chi connectivity index (χ1) is 12.5. The van der Waals surface area contributed by atoms with Crippen molar-refractivity contribution in [1.29, 1.82) is 0 Å². The largest absolute Gasteiger partial charge is 0.417 e. The Hall–Kier alpha value is -2.42. The summed E-state index contributed by atoms with van der Waals surface area (Å²) in [7, 11) is -3.60. The monoisotopic (exact) mass is 374 g/mol. The summed E-state index contributed by atoms with van der Waals surface area (Å²) < 4.78 is 32.3. The number of nitrogens with one attached hydrogen (secondary N) is 2. The van der Waals surface area contributed by atoms with E-state index in [4.69, 9.17) is 4.42 Å². The molecule has 26 heavy (non-hydrogen) atoms. The molecule has 1 aliphatic rings. The second kappa shape index (κ2) is 6.71. The van der Waals surface area contributed by atoms with Gasteiger partial charge in [0.2, 0.25) is 10.0 Å². The van der Waals surface area contributed by atoms with Crippen molar-refractivity contribution in [2.75, 3.05) is 26.2 Å². The molecule has 1 aromatic heterocycles. The molecule has 0 atom stereocenters. The average molecular weight is 374 g/mol. The number of quaternary nitrogens is 1. The van der Waals surface area contributed by atoms with Crippen molar-refractivity contribution in [3.63, 3.8) is 0 Å². The van der Waals surface area contributed by atoms with E-state index < -0.39 is 15.8 Å². The summed E-state index contributed by atoms with van der Waals surface area (Å²) in [5.74, 6) is -0.590. The molecule has 136 valence electrons. The van der Waals surface area contributed by atoms with Crippen LogP contribution in [0.25, 0.3) is 11.1 Å². The van der Waals surface area contributed by atoms with Crippen LogP contribution in [0.1, 0.15) is 5.56 Å². The molecule has 2 aromatic carbocycles. The number of oxazole rings is 1. The van der Waals surface area contributed by atoms with Gasteiger partial charge < -0.3 is 9.32 Å². The zero-order valence-electron chi connectivity index (χ0n) is 14.1. The fraction of sp³-hybridized carbons (Fsp3) is 0.278. The number of hydrogen-bond acceptors (Lipinski definition) is 4. The van der Waals surface area contributed by atoms with E-state index in [1.807, 2.05) is 18.2 Å². The van der Waals surface area contributed by atoms with Crippen LogP contribution in [-0.2, 0) is 16.6 Å². The molecule has 2 N–H and O–H groups in total. The Balaban J connectivity index is 1.47. The maximum Gasteiger partial charge on any atom is 0.417 e. The van der Waals surface area contributed by atoms with E-state index in [1.54, 1.807) is 6.07 Å². The van der Waals surface area contributed by atoms with Gasteiger partial charge in [-0.1, -0.05) is 30.3 Å². The summed E-state index contributed by atoms with van der Waals surface area (Å²) in [6.45, 7) is 3.36. The van der Waals surface area contributed by atoms with Gasteiger partial charge >= 0.3 is 5.76 Å². The van der Waals surface area contributed by atoms with Gasteiger partial charge in [0.15, 0.2) is 5.58 Å². The van der Waals surface area contributed by atoms with Crippen LogP contribution in [0.5, 0.6) is 0 Å². The molecule has 3 aromatic rings. The third-order valence-electron chi connectivity index (χ3n) is 4.76. The number of aromatic nitrogens is 1. The minimum atomic E-state index is -3.60. The van der Waals surface area contributed by atoms with E-state index >= 15 is 0 Å². The Morgan fingerprint density at radius 2 is 1.81 bits per heavy atom. The van der Waals surface area contributed by atoms with E-state index in [-0.39, 0.29) is 10.5 Å². The minimum absolute atomic E-state index is 0.152. The number of rotatable bonds is 4. The summed E-state index contributed by atoms with van der Waals surface area (Å²) in [5, 5.41) is 0. The van der Waals surface area contributed by atoms with Crippen LogP contribution in [0.4, 0.5) is 0 Å². The fourth-order valence-electron chi connectivity index (χ4n) is 3.34. The molecule has 0 unspecified atom stereocenters. The fourth-order valence-corrected chi connectivity index (χ4v) is 4.80. The van der Waals surface area contributed by atoms with Gasteiger partial charge in [0.1, 0.15) is 6.54 Å². The van der Waals surface area contributed by atoms with Crippen molar-refractivity contribution < 1.29 is 17.7 Å². The van der Waals surface area contributed by atoms with E-state index in [0.29, 0.717) is 18.6 Å². The second-order valence-electron chi connectivity index (χ2n) is 6.49. The van der Waals surface area contributed by atoms with Crippen molar-refractivity contribution in [3.8, 4) is 0 Å². The van der Waals surface area contributed by atoms with Crippen molar-refractivity contribution >= 4 is 21.1 Å². The Bertz CT molecular complexity index is 1060. The molecule has 0 radical (unpaired) electrons. The summed E-state index contributed by atoms with van der Waals surface area (Å²) >= 11 is 0. The number of hydrogen-bond donors (Lipinski definition) is 2. The minimum Gasteiger partial charge on any atom is -0.408 e. The zero-order valence-corrected chi connectivity index (χ0v) is 15.0. The molecule has 1 fully saturated rings. The SMILES string of the molecule is O=c1[nH]c2ccc(S(=O)(=O)N3CC[NH+](Cc4ccccc4)CC3)cc2o1. The second-order valence-corrected chi connectivity index (χ2v) is 8.43. The molecule has 0 saturated carbocycles. The normalized spacial score (nSPS) is 16.9. The standard InChI is InChI=1S/C18H19N3O4S/c22-18-19-16-7-6-15(12-17(16)25-18)26(23,24)21-10-8-20(9-11-21)13-14-4-2-1-3-5-14/h1-7,12H,8-11,13H2,(H,19,22)/p+1. The van der Waals surface area contributed by atoms with E-state index in [2.05, 4.69) is 17.1 Å². The molecule has 1 aliphatic heterocycles. The van der Waals surface area contributed by atoms with Gasteiger partial charge in [-0.2, -0.15) is 4.31 Å². The molecular formula is C18H20N3O4S+. The molecule has 8 heteroatoms. The van der Waals surface area contributed by atoms with Crippen LogP contribution in [0.3, 0.4) is 0 Å². The summed E-state index contributed by atoms with van der Waals surface area (Å²) in [5.41, 5.74) is 2.00. The smallest absolute Gasteiger partial charge is 0.408 e. The van der Waals surface area contributed by atoms with Gasteiger partial charge in [-0.25, -0.2) is 13.2 Å². The maximum atomic E-state index is 12.9. The first-order valence-corrected chi connectivity index (χ1v) is 9.97. The molecule has 0 bridgehead atoms. The highest BCUT2D eigenvalue weighted by Gasteiger charge is 2.30. The highest BCUT2D eigenvalue weighted by atomic mass is 32.2.